The van der Waals surface area contributed by atoms with E-state index in [1.54, 1.807) is 6.20 Å². The molecule has 3 heterocycles. The first-order chi connectivity index (χ1) is 6.84. The molecule has 2 aromatic heterocycles. The predicted octanol–water partition coefficient (Wildman–Crippen LogP) is 1.52. The lowest BCUT2D eigenvalue weighted by Crippen LogP contribution is -2.10. The molecule has 0 bridgehead atoms. The number of hydrogen-bond acceptors (Lipinski definition) is 3. The summed E-state index contributed by atoms with van der Waals surface area (Å²) in [7, 11) is 0. The van der Waals surface area contributed by atoms with Gasteiger partial charge in [-0.2, -0.15) is 4.98 Å². The minimum atomic E-state index is 0.293. The fourth-order valence-corrected chi connectivity index (χ4v) is 1.83. The van der Waals surface area contributed by atoms with Crippen molar-refractivity contribution in [1.82, 2.24) is 14.5 Å². The molecule has 14 heavy (non-hydrogen) atoms. The summed E-state index contributed by atoms with van der Waals surface area (Å²) in [5.41, 5.74) is 1.97. The maximum absolute atomic E-state index is 5.75. The Bertz CT molecular complexity index is 529. The molecule has 0 N–H and O–H groups in total. The van der Waals surface area contributed by atoms with Gasteiger partial charge in [0.1, 0.15) is 5.65 Å². The standard InChI is InChI=1S/C9H7ClN4/c10-9-12-4-6-3-7-5-11-1-2-14(7)8(6)13-9/h3-5H,1-2H2. The van der Waals surface area contributed by atoms with E-state index < -0.39 is 0 Å². The first-order valence-corrected chi connectivity index (χ1v) is 4.74. The minimum absolute atomic E-state index is 0.293. The van der Waals surface area contributed by atoms with Crippen molar-refractivity contribution >= 4 is 28.8 Å². The fraction of sp³-hybridized carbons (Fsp3) is 0.222. The van der Waals surface area contributed by atoms with Crippen LogP contribution in [0.5, 0.6) is 0 Å². The Morgan fingerprint density at radius 1 is 1.43 bits per heavy atom. The first kappa shape index (κ1) is 7.94. The summed E-state index contributed by atoms with van der Waals surface area (Å²) in [5.74, 6) is 0. The fourth-order valence-electron chi connectivity index (χ4n) is 1.70. The second-order valence-corrected chi connectivity index (χ2v) is 3.51. The molecule has 1 aliphatic rings. The lowest BCUT2D eigenvalue weighted by molar-refractivity contribution is 0.709. The highest BCUT2D eigenvalue weighted by Crippen LogP contribution is 2.19. The third-order valence-corrected chi connectivity index (χ3v) is 2.50. The van der Waals surface area contributed by atoms with Crippen molar-refractivity contribution in [3.05, 3.63) is 23.2 Å². The molecule has 0 spiro atoms. The molecular weight excluding hydrogens is 200 g/mol. The van der Waals surface area contributed by atoms with Crippen LogP contribution in [0.4, 0.5) is 0 Å². The predicted molar refractivity (Wildman–Crippen MR) is 55.0 cm³/mol. The van der Waals surface area contributed by atoms with Crippen LogP contribution < -0.4 is 0 Å². The molecule has 2 aromatic rings. The highest BCUT2D eigenvalue weighted by molar-refractivity contribution is 6.28. The second kappa shape index (κ2) is 2.78. The van der Waals surface area contributed by atoms with Crippen molar-refractivity contribution in [2.45, 2.75) is 6.54 Å². The molecule has 0 amide bonds. The van der Waals surface area contributed by atoms with Crippen molar-refractivity contribution in [1.29, 1.82) is 0 Å². The minimum Gasteiger partial charge on any atom is -0.322 e. The van der Waals surface area contributed by atoms with Crippen LogP contribution in [0.15, 0.2) is 17.3 Å². The van der Waals surface area contributed by atoms with Gasteiger partial charge in [-0.25, -0.2) is 4.98 Å². The molecule has 70 valence electrons. The molecule has 0 aromatic carbocycles. The van der Waals surface area contributed by atoms with E-state index in [9.17, 15) is 0 Å². The Kier molecular flexibility index (Phi) is 1.58. The van der Waals surface area contributed by atoms with E-state index in [0.717, 1.165) is 29.8 Å². The Morgan fingerprint density at radius 2 is 2.36 bits per heavy atom. The van der Waals surface area contributed by atoms with E-state index >= 15 is 0 Å². The van der Waals surface area contributed by atoms with Gasteiger partial charge in [-0.05, 0) is 17.7 Å². The topological polar surface area (TPSA) is 43.1 Å². The van der Waals surface area contributed by atoms with Crippen LogP contribution in [0.25, 0.3) is 11.0 Å². The summed E-state index contributed by atoms with van der Waals surface area (Å²) in [5, 5.41) is 1.30. The zero-order chi connectivity index (χ0) is 9.54. The van der Waals surface area contributed by atoms with Crippen molar-refractivity contribution < 1.29 is 0 Å². The number of halogens is 1. The lowest BCUT2D eigenvalue weighted by Gasteiger charge is -2.09. The highest BCUT2D eigenvalue weighted by Gasteiger charge is 2.11. The molecule has 0 fully saturated rings. The van der Waals surface area contributed by atoms with Crippen LogP contribution >= 0.6 is 11.6 Å². The van der Waals surface area contributed by atoms with E-state index in [1.807, 2.05) is 12.3 Å². The van der Waals surface area contributed by atoms with Gasteiger partial charge in [0.05, 0.1) is 12.2 Å². The van der Waals surface area contributed by atoms with Crippen LogP contribution in [-0.2, 0) is 6.54 Å². The van der Waals surface area contributed by atoms with Crippen LogP contribution in [0.2, 0.25) is 5.28 Å². The summed E-state index contributed by atoms with van der Waals surface area (Å²) in [6.45, 7) is 1.67. The molecule has 1 aliphatic heterocycles. The maximum atomic E-state index is 5.75. The van der Waals surface area contributed by atoms with Gasteiger partial charge in [0, 0.05) is 24.3 Å². The number of aliphatic imine (C=N–C) groups is 1. The summed E-state index contributed by atoms with van der Waals surface area (Å²) >= 11 is 5.75. The number of aromatic nitrogens is 3. The SMILES string of the molecule is Clc1ncc2cc3n(c2n1)CCN=C3. The largest absolute Gasteiger partial charge is 0.322 e. The van der Waals surface area contributed by atoms with Crippen LogP contribution in [0, 0.1) is 0 Å². The third kappa shape index (κ3) is 1.04. The Morgan fingerprint density at radius 3 is 3.29 bits per heavy atom. The van der Waals surface area contributed by atoms with Gasteiger partial charge < -0.3 is 4.57 Å². The zero-order valence-corrected chi connectivity index (χ0v) is 8.07. The Labute approximate surface area is 85.3 Å². The van der Waals surface area contributed by atoms with Crippen molar-refractivity contribution in [3.8, 4) is 0 Å². The van der Waals surface area contributed by atoms with Crippen LogP contribution in [0.3, 0.4) is 0 Å². The number of fused-ring (bicyclic) bond motifs is 3. The molecule has 0 unspecified atom stereocenters. The van der Waals surface area contributed by atoms with E-state index in [-0.39, 0.29) is 0 Å². The van der Waals surface area contributed by atoms with E-state index in [4.69, 9.17) is 11.6 Å². The van der Waals surface area contributed by atoms with E-state index in [1.165, 1.54) is 0 Å². The average Bonchev–Trinajstić information content (AvgIpc) is 2.56. The molecule has 5 heteroatoms. The van der Waals surface area contributed by atoms with Gasteiger partial charge in [0.2, 0.25) is 5.28 Å². The monoisotopic (exact) mass is 206 g/mol. The molecule has 0 saturated carbocycles. The maximum Gasteiger partial charge on any atom is 0.224 e. The zero-order valence-electron chi connectivity index (χ0n) is 7.31. The van der Waals surface area contributed by atoms with Crippen LogP contribution in [0.1, 0.15) is 5.69 Å². The van der Waals surface area contributed by atoms with E-state index in [0.29, 0.717) is 5.28 Å². The number of rotatable bonds is 0. The lowest BCUT2D eigenvalue weighted by atomic mass is 10.4. The first-order valence-electron chi connectivity index (χ1n) is 4.36. The van der Waals surface area contributed by atoms with Gasteiger partial charge in [-0.1, -0.05) is 0 Å². The molecule has 0 saturated heterocycles. The van der Waals surface area contributed by atoms with Gasteiger partial charge in [-0.15, -0.1) is 0 Å². The average molecular weight is 207 g/mol. The van der Waals surface area contributed by atoms with E-state index in [2.05, 4.69) is 19.5 Å². The van der Waals surface area contributed by atoms with Crippen molar-refractivity contribution in [2.24, 2.45) is 4.99 Å². The second-order valence-electron chi connectivity index (χ2n) is 3.17. The number of nitrogens with zero attached hydrogens (tertiary/aromatic N) is 4. The third-order valence-electron chi connectivity index (χ3n) is 2.31. The Balaban J connectivity index is 2.39. The van der Waals surface area contributed by atoms with Gasteiger partial charge in [0.15, 0.2) is 0 Å². The molecule has 0 radical (unpaired) electrons. The summed E-state index contributed by atoms with van der Waals surface area (Å²) < 4.78 is 2.11. The molecular formula is C9H7ClN4. The highest BCUT2D eigenvalue weighted by atomic mass is 35.5. The molecule has 3 rings (SSSR count). The quantitative estimate of drug-likeness (QED) is 0.614. The van der Waals surface area contributed by atoms with Crippen molar-refractivity contribution in [3.63, 3.8) is 0 Å². The smallest absolute Gasteiger partial charge is 0.224 e. The summed E-state index contributed by atoms with van der Waals surface area (Å²) in [6, 6.07) is 2.02. The van der Waals surface area contributed by atoms with Gasteiger partial charge >= 0.3 is 0 Å². The molecule has 0 aliphatic carbocycles. The summed E-state index contributed by atoms with van der Waals surface area (Å²) in [6.07, 6.45) is 3.60. The Hall–Kier alpha value is -1.42. The van der Waals surface area contributed by atoms with Crippen molar-refractivity contribution in [2.75, 3.05) is 6.54 Å². The molecule has 4 nitrogen and oxygen atoms in total. The van der Waals surface area contributed by atoms with Gasteiger partial charge in [0.25, 0.3) is 0 Å². The molecule has 0 atom stereocenters. The van der Waals surface area contributed by atoms with Crippen LogP contribution in [-0.4, -0.2) is 27.3 Å². The van der Waals surface area contributed by atoms with Gasteiger partial charge in [-0.3, -0.25) is 4.99 Å². The summed E-state index contributed by atoms with van der Waals surface area (Å²) in [4.78, 5) is 12.4. The number of hydrogen-bond donors (Lipinski definition) is 0. The normalized spacial score (nSPS) is 14.6.